The van der Waals surface area contributed by atoms with Crippen LogP contribution in [0.5, 0.6) is 0 Å². The number of anilines is 1. The van der Waals surface area contributed by atoms with Crippen molar-refractivity contribution in [2.45, 2.75) is 33.2 Å². The Morgan fingerprint density at radius 1 is 1.00 bits per heavy atom. The van der Waals surface area contributed by atoms with Crippen LogP contribution in [0.15, 0.2) is 18.2 Å². The molecule has 0 radical (unpaired) electrons. The van der Waals surface area contributed by atoms with Crippen molar-refractivity contribution in [2.75, 3.05) is 38.5 Å². The van der Waals surface area contributed by atoms with Crippen molar-refractivity contribution in [3.05, 3.63) is 28.2 Å². The Morgan fingerprint density at radius 3 is 2.07 bits per heavy atom. The van der Waals surface area contributed by atoms with E-state index in [0.717, 1.165) is 0 Å². The van der Waals surface area contributed by atoms with Gasteiger partial charge >= 0.3 is 0 Å². The molecule has 28 heavy (non-hydrogen) atoms. The summed E-state index contributed by atoms with van der Waals surface area (Å²) in [6.45, 7) is 7.90. The Kier molecular flexibility index (Phi) is 9.20. The number of hydrogen-bond donors (Lipinski definition) is 2. The summed E-state index contributed by atoms with van der Waals surface area (Å²) in [5, 5.41) is 6.15. The highest BCUT2D eigenvalue weighted by atomic mass is 35.5. The fourth-order valence-corrected chi connectivity index (χ4v) is 2.84. The van der Waals surface area contributed by atoms with Crippen LogP contribution in [-0.4, -0.2) is 66.3 Å². The zero-order valence-corrected chi connectivity index (χ0v) is 18.4. The highest BCUT2D eigenvalue weighted by molar-refractivity contribution is 6.39. The van der Waals surface area contributed by atoms with Crippen molar-refractivity contribution in [3.8, 4) is 0 Å². The number of likely N-dealkylation sites (N-methyl/N-ethyl adjacent to an activating group) is 2. The van der Waals surface area contributed by atoms with Crippen molar-refractivity contribution in [2.24, 2.45) is 0 Å². The molecule has 0 bridgehead atoms. The topological polar surface area (TPSA) is 81.8 Å². The average molecular weight is 431 g/mol. The number of para-hydroxylation sites is 1. The minimum Gasteiger partial charge on any atom is -0.350 e. The van der Waals surface area contributed by atoms with Gasteiger partial charge in [-0.3, -0.25) is 19.3 Å². The number of carbonyl (C=O) groups is 3. The van der Waals surface area contributed by atoms with Crippen molar-refractivity contribution in [1.29, 1.82) is 0 Å². The molecule has 7 nitrogen and oxygen atoms in total. The number of carbonyl (C=O) groups excluding carboxylic acids is 3. The van der Waals surface area contributed by atoms with Gasteiger partial charge in [-0.25, -0.2) is 0 Å². The van der Waals surface area contributed by atoms with Crippen LogP contribution in [0.4, 0.5) is 5.69 Å². The van der Waals surface area contributed by atoms with Gasteiger partial charge in [-0.2, -0.15) is 0 Å². The van der Waals surface area contributed by atoms with Crippen molar-refractivity contribution in [1.82, 2.24) is 15.1 Å². The summed E-state index contributed by atoms with van der Waals surface area (Å²) in [4.78, 5) is 39.7. The molecule has 0 saturated carbocycles. The lowest BCUT2D eigenvalue weighted by molar-refractivity contribution is -0.136. The quantitative estimate of drug-likeness (QED) is 0.663. The van der Waals surface area contributed by atoms with E-state index in [1.54, 1.807) is 30.1 Å². The summed E-state index contributed by atoms with van der Waals surface area (Å²) in [6, 6.07) is 4.94. The molecule has 1 aromatic carbocycles. The minimum absolute atomic E-state index is 0.00812. The highest BCUT2D eigenvalue weighted by Gasteiger charge is 2.20. The zero-order valence-electron chi connectivity index (χ0n) is 16.9. The van der Waals surface area contributed by atoms with Crippen LogP contribution in [0.2, 0.25) is 10.0 Å². The molecule has 156 valence electrons. The number of halogens is 2. The predicted octanol–water partition coefficient (Wildman–Crippen LogP) is 2.63. The zero-order chi connectivity index (χ0) is 21.5. The smallest absolute Gasteiger partial charge is 0.240 e. The van der Waals surface area contributed by atoms with E-state index in [2.05, 4.69) is 10.6 Å². The second-order valence-electron chi connectivity index (χ2n) is 7.50. The van der Waals surface area contributed by atoms with Crippen LogP contribution in [-0.2, 0) is 14.4 Å². The predicted molar refractivity (Wildman–Crippen MR) is 113 cm³/mol. The SMILES string of the molecule is CCN(CC(=O)Nc1c(Cl)cccc1Cl)CC(=O)N(C)CC(=O)NC(C)(C)C. The van der Waals surface area contributed by atoms with E-state index < -0.39 is 0 Å². The summed E-state index contributed by atoms with van der Waals surface area (Å²) in [7, 11) is 1.56. The van der Waals surface area contributed by atoms with Crippen molar-refractivity contribution >= 4 is 46.6 Å². The van der Waals surface area contributed by atoms with E-state index >= 15 is 0 Å². The summed E-state index contributed by atoms with van der Waals surface area (Å²) in [5.74, 6) is -0.829. The third kappa shape index (κ3) is 8.46. The van der Waals surface area contributed by atoms with E-state index in [-0.39, 0.29) is 42.9 Å². The summed E-state index contributed by atoms with van der Waals surface area (Å²) >= 11 is 12.1. The van der Waals surface area contributed by atoms with E-state index in [4.69, 9.17) is 23.2 Å². The van der Waals surface area contributed by atoms with Gasteiger partial charge in [0.05, 0.1) is 35.4 Å². The van der Waals surface area contributed by atoms with Gasteiger partial charge in [-0.05, 0) is 39.4 Å². The average Bonchev–Trinajstić information content (AvgIpc) is 2.55. The molecule has 0 spiro atoms. The van der Waals surface area contributed by atoms with Crippen LogP contribution in [0.25, 0.3) is 0 Å². The standard InChI is InChI=1S/C19H28Cl2N4O3/c1-6-25(11-15(26)22-18-13(20)8-7-9-14(18)21)12-17(28)24(5)10-16(27)23-19(2,3)4/h7-9H,6,10-12H2,1-5H3,(H,22,26)(H,23,27). The van der Waals surface area contributed by atoms with Gasteiger partial charge in [-0.1, -0.05) is 36.2 Å². The largest absolute Gasteiger partial charge is 0.350 e. The van der Waals surface area contributed by atoms with Gasteiger partial charge in [0.25, 0.3) is 0 Å². The fraction of sp³-hybridized carbons (Fsp3) is 0.526. The van der Waals surface area contributed by atoms with Gasteiger partial charge in [0, 0.05) is 12.6 Å². The van der Waals surface area contributed by atoms with E-state index in [1.165, 1.54) is 4.90 Å². The lowest BCUT2D eigenvalue weighted by Gasteiger charge is -2.25. The highest BCUT2D eigenvalue weighted by Crippen LogP contribution is 2.29. The lowest BCUT2D eigenvalue weighted by Crippen LogP contribution is -2.48. The molecule has 0 aliphatic carbocycles. The number of hydrogen-bond acceptors (Lipinski definition) is 4. The second-order valence-corrected chi connectivity index (χ2v) is 8.31. The van der Waals surface area contributed by atoms with Crippen LogP contribution in [0.1, 0.15) is 27.7 Å². The van der Waals surface area contributed by atoms with Crippen LogP contribution in [0, 0.1) is 0 Å². The third-order valence-corrected chi connectivity index (χ3v) is 4.35. The minimum atomic E-state index is -0.367. The van der Waals surface area contributed by atoms with Crippen molar-refractivity contribution in [3.63, 3.8) is 0 Å². The molecular formula is C19H28Cl2N4O3. The van der Waals surface area contributed by atoms with Gasteiger partial charge in [-0.15, -0.1) is 0 Å². The summed E-state index contributed by atoms with van der Waals surface area (Å²) in [5.41, 5.74) is -0.0247. The Hall–Kier alpha value is -1.83. The Morgan fingerprint density at radius 2 is 1.57 bits per heavy atom. The Bertz CT molecular complexity index is 699. The van der Waals surface area contributed by atoms with Crippen molar-refractivity contribution < 1.29 is 14.4 Å². The molecular weight excluding hydrogens is 403 g/mol. The maximum Gasteiger partial charge on any atom is 0.240 e. The maximum atomic E-state index is 12.4. The van der Waals surface area contributed by atoms with Gasteiger partial charge in [0.15, 0.2) is 0 Å². The number of nitrogens with zero attached hydrogens (tertiary/aromatic N) is 2. The van der Waals surface area contributed by atoms with Crippen LogP contribution < -0.4 is 10.6 Å². The molecule has 0 aliphatic rings. The molecule has 0 aliphatic heterocycles. The molecule has 0 saturated heterocycles. The first-order valence-electron chi connectivity index (χ1n) is 8.94. The number of amides is 3. The monoisotopic (exact) mass is 430 g/mol. The molecule has 2 N–H and O–H groups in total. The molecule has 0 unspecified atom stereocenters. The van der Waals surface area contributed by atoms with E-state index in [1.807, 2.05) is 27.7 Å². The lowest BCUT2D eigenvalue weighted by atomic mass is 10.1. The van der Waals surface area contributed by atoms with E-state index in [9.17, 15) is 14.4 Å². The summed E-state index contributed by atoms with van der Waals surface area (Å²) < 4.78 is 0. The van der Waals surface area contributed by atoms with Gasteiger partial charge < -0.3 is 15.5 Å². The second kappa shape index (κ2) is 10.6. The maximum absolute atomic E-state index is 12.4. The van der Waals surface area contributed by atoms with E-state index in [0.29, 0.717) is 22.3 Å². The normalized spacial score (nSPS) is 11.3. The number of nitrogens with one attached hydrogen (secondary N) is 2. The molecule has 3 amide bonds. The first kappa shape index (κ1) is 24.2. The molecule has 0 aromatic heterocycles. The Balaban J connectivity index is 2.60. The molecule has 1 rings (SSSR count). The Labute approximate surface area is 176 Å². The molecule has 0 atom stereocenters. The first-order chi connectivity index (χ1) is 12.9. The molecule has 0 heterocycles. The summed E-state index contributed by atoms with van der Waals surface area (Å²) in [6.07, 6.45) is 0. The molecule has 1 aromatic rings. The third-order valence-electron chi connectivity index (χ3n) is 3.72. The fourth-order valence-electron chi connectivity index (χ4n) is 2.35. The number of benzene rings is 1. The van der Waals surface area contributed by atoms with Crippen LogP contribution >= 0.6 is 23.2 Å². The molecule has 9 heteroatoms. The number of rotatable bonds is 8. The van der Waals surface area contributed by atoms with Gasteiger partial charge in [0.1, 0.15) is 0 Å². The van der Waals surface area contributed by atoms with Gasteiger partial charge in [0.2, 0.25) is 17.7 Å². The first-order valence-corrected chi connectivity index (χ1v) is 9.69. The van der Waals surface area contributed by atoms with Crippen LogP contribution in [0.3, 0.4) is 0 Å². The molecule has 0 fully saturated rings.